The molecule has 0 aliphatic carbocycles. The van der Waals surface area contributed by atoms with Gasteiger partial charge in [0.15, 0.2) is 11.5 Å². The van der Waals surface area contributed by atoms with Crippen LogP contribution in [0.25, 0.3) is 10.6 Å². The number of nitrogens with zero attached hydrogens (tertiary/aromatic N) is 3. The maximum absolute atomic E-state index is 10.2. The van der Waals surface area contributed by atoms with E-state index < -0.39 is 0 Å². The fraction of sp³-hybridized carbons (Fsp3) is 0.222. The predicted octanol–water partition coefficient (Wildman–Crippen LogP) is 4.18. The number of hydrogen-bond donors (Lipinski definition) is 1. The molecule has 7 heteroatoms. The Morgan fingerprint density at radius 2 is 2.04 bits per heavy atom. The topological polar surface area (TPSA) is 59.1 Å². The lowest BCUT2D eigenvalue weighted by molar-refractivity contribution is 0.373. The quantitative estimate of drug-likeness (QED) is 0.682. The van der Waals surface area contributed by atoms with Crippen molar-refractivity contribution < 1.29 is 9.84 Å². The summed E-state index contributed by atoms with van der Waals surface area (Å²) in [5.41, 5.74) is 1.57. The van der Waals surface area contributed by atoms with Crippen LogP contribution >= 0.6 is 22.7 Å². The molecule has 130 valence electrons. The van der Waals surface area contributed by atoms with Crippen LogP contribution in [0.15, 0.2) is 51.2 Å². The second-order valence-corrected chi connectivity index (χ2v) is 7.34. The van der Waals surface area contributed by atoms with Gasteiger partial charge < -0.3 is 9.84 Å². The Bertz CT molecular complexity index is 938. The molecule has 3 rings (SSSR count). The molecule has 0 radical (unpaired) electrons. The zero-order valence-electron chi connectivity index (χ0n) is 14.2. The van der Waals surface area contributed by atoms with Gasteiger partial charge in [0.05, 0.1) is 23.9 Å². The smallest absolute Gasteiger partial charge is 0.206 e. The van der Waals surface area contributed by atoms with Crippen LogP contribution in [-0.4, -0.2) is 29.1 Å². The number of aromatic hydroxyl groups is 1. The summed E-state index contributed by atoms with van der Waals surface area (Å²) in [5.74, 6) is 0.495. The second-order valence-electron chi connectivity index (χ2n) is 5.56. The summed E-state index contributed by atoms with van der Waals surface area (Å²) >= 11 is 3.21. The van der Waals surface area contributed by atoms with Crippen molar-refractivity contribution in [2.24, 2.45) is 10.1 Å². The molecule has 5 nitrogen and oxygen atoms in total. The first-order chi connectivity index (χ1) is 12.1. The Hall–Kier alpha value is -2.38. The van der Waals surface area contributed by atoms with Crippen LogP contribution in [0.2, 0.25) is 0 Å². The zero-order valence-corrected chi connectivity index (χ0v) is 15.8. The van der Waals surface area contributed by atoms with Crippen molar-refractivity contribution in [1.29, 1.82) is 0 Å². The minimum Gasteiger partial charge on any atom is -0.504 e. The lowest BCUT2D eigenvalue weighted by Gasteiger charge is -2.06. The van der Waals surface area contributed by atoms with E-state index in [-0.39, 0.29) is 11.8 Å². The van der Waals surface area contributed by atoms with Gasteiger partial charge in [0.2, 0.25) is 4.80 Å². The summed E-state index contributed by atoms with van der Waals surface area (Å²) in [4.78, 5) is 6.58. The van der Waals surface area contributed by atoms with Crippen molar-refractivity contribution in [2.45, 2.75) is 19.9 Å². The van der Waals surface area contributed by atoms with Crippen molar-refractivity contribution in [1.82, 2.24) is 4.68 Å². The third kappa shape index (κ3) is 3.83. The molecule has 0 bridgehead atoms. The fourth-order valence-corrected chi connectivity index (χ4v) is 4.01. The summed E-state index contributed by atoms with van der Waals surface area (Å²) in [7, 11) is 1.53. The summed E-state index contributed by atoms with van der Waals surface area (Å²) in [5, 5.41) is 18.9. The van der Waals surface area contributed by atoms with E-state index in [1.165, 1.54) is 7.11 Å². The van der Waals surface area contributed by atoms with E-state index in [4.69, 9.17) is 4.74 Å². The molecular weight excluding hydrogens is 354 g/mol. The van der Waals surface area contributed by atoms with Crippen molar-refractivity contribution in [2.75, 3.05) is 7.11 Å². The summed E-state index contributed by atoms with van der Waals surface area (Å²) in [6, 6.07) is 9.55. The van der Waals surface area contributed by atoms with E-state index in [1.807, 2.05) is 36.0 Å². The number of ether oxygens (including phenoxy) is 1. The molecule has 1 N–H and O–H groups in total. The van der Waals surface area contributed by atoms with Gasteiger partial charge in [-0.3, -0.25) is 4.99 Å². The SMILES string of the molecule is COc1cccc(C=Nn2c(-c3cccs3)csc2=NC(C)C)c1O. The second kappa shape index (κ2) is 7.67. The molecule has 2 heterocycles. The number of phenols is 1. The molecule has 3 aromatic rings. The summed E-state index contributed by atoms with van der Waals surface area (Å²) in [6.07, 6.45) is 1.63. The van der Waals surface area contributed by atoms with Gasteiger partial charge in [0.1, 0.15) is 0 Å². The van der Waals surface area contributed by atoms with Gasteiger partial charge in [-0.2, -0.15) is 5.10 Å². The molecule has 0 spiro atoms. The first-order valence-electron chi connectivity index (χ1n) is 7.78. The molecule has 1 aromatic carbocycles. The van der Waals surface area contributed by atoms with E-state index in [2.05, 4.69) is 21.5 Å². The highest BCUT2D eigenvalue weighted by atomic mass is 32.1. The highest BCUT2D eigenvalue weighted by Crippen LogP contribution is 2.29. The molecule has 25 heavy (non-hydrogen) atoms. The molecule has 0 saturated heterocycles. The minimum absolute atomic E-state index is 0.0737. The van der Waals surface area contributed by atoms with Gasteiger partial charge in [-0.05, 0) is 37.4 Å². The number of phenolic OH excluding ortho intramolecular Hbond substituents is 1. The van der Waals surface area contributed by atoms with Crippen molar-refractivity contribution >= 4 is 28.9 Å². The molecular formula is C18H19N3O2S2. The third-order valence-electron chi connectivity index (χ3n) is 3.39. The first kappa shape index (κ1) is 17.4. The van der Waals surface area contributed by atoms with Crippen LogP contribution in [0.1, 0.15) is 19.4 Å². The number of hydrogen-bond acceptors (Lipinski definition) is 6. The summed E-state index contributed by atoms with van der Waals surface area (Å²) < 4.78 is 6.96. The van der Waals surface area contributed by atoms with E-state index in [0.717, 1.165) is 15.4 Å². The van der Waals surface area contributed by atoms with Gasteiger partial charge in [0.25, 0.3) is 0 Å². The van der Waals surface area contributed by atoms with Crippen LogP contribution in [0.4, 0.5) is 0 Å². The molecule has 0 aliphatic heterocycles. The van der Waals surface area contributed by atoms with Gasteiger partial charge >= 0.3 is 0 Å². The van der Waals surface area contributed by atoms with Crippen molar-refractivity contribution in [3.63, 3.8) is 0 Å². The van der Waals surface area contributed by atoms with E-state index in [1.54, 1.807) is 41.0 Å². The lowest BCUT2D eigenvalue weighted by atomic mass is 10.2. The van der Waals surface area contributed by atoms with Gasteiger partial charge in [0, 0.05) is 17.0 Å². The number of thiophene rings is 1. The van der Waals surface area contributed by atoms with Gasteiger partial charge in [-0.15, -0.1) is 22.7 Å². The minimum atomic E-state index is 0.0737. The molecule has 0 amide bonds. The number of methoxy groups -OCH3 is 1. The standard InChI is InChI=1S/C18H19N3O2S2/c1-12(2)20-18-21(14(11-25-18)16-8-5-9-24-16)19-10-13-6-4-7-15(23-3)17(13)22/h4-12,22H,1-3H3. The molecule has 0 fully saturated rings. The largest absolute Gasteiger partial charge is 0.504 e. The Morgan fingerprint density at radius 1 is 1.20 bits per heavy atom. The van der Waals surface area contributed by atoms with E-state index >= 15 is 0 Å². The lowest BCUT2D eigenvalue weighted by Crippen LogP contribution is -2.14. The van der Waals surface area contributed by atoms with Crippen LogP contribution < -0.4 is 9.54 Å². The number of benzene rings is 1. The van der Waals surface area contributed by atoms with Gasteiger partial charge in [-0.1, -0.05) is 12.1 Å². The molecule has 0 atom stereocenters. The molecule has 2 aromatic heterocycles. The normalized spacial score (nSPS) is 12.4. The predicted molar refractivity (Wildman–Crippen MR) is 104 cm³/mol. The number of aromatic nitrogens is 1. The average Bonchev–Trinajstić information content (AvgIpc) is 3.23. The van der Waals surface area contributed by atoms with Crippen LogP contribution in [0.3, 0.4) is 0 Å². The number of para-hydroxylation sites is 1. The van der Waals surface area contributed by atoms with E-state index in [0.29, 0.717) is 11.3 Å². The molecule has 0 saturated carbocycles. The maximum Gasteiger partial charge on any atom is 0.206 e. The Balaban J connectivity index is 2.09. The summed E-state index contributed by atoms with van der Waals surface area (Å²) in [6.45, 7) is 4.07. The van der Waals surface area contributed by atoms with Crippen LogP contribution in [0, 0.1) is 0 Å². The van der Waals surface area contributed by atoms with Crippen molar-refractivity contribution in [3.05, 3.63) is 51.5 Å². The first-order valence-corrected chi connectivity index (χ1v) is 9.54. The monoisotopic (exact) mass is 373 g/mol. The van der Waals surface area contributed by atoms with Crippen molar-refractivity contribution in [3.8, 4) is 22.1 Å². The highest BCUT2D eigenvalue weighted by Gasteiger charge is 2.10. The highest BCUT2D eigenvalue weighted by molar-refractivity contribution is 7.14. The third-order valence-corrected chi connectivity index (χ3v) is 5.11. The fourth-order valence-electron chi connectivity index (χ4n) is 2.24. The van der Waals surface area contributed by atoms with Crippen LogP contribution in [-0.2, 0) is 0 Å². The van der Waals surface area contributed by atoms with E-state index in [9.17, 15) is 5.11 Å². The average molecular weight is 374 g/mol. The van der Waals surface area contributed by atoms with Crippen LogP contribution in [0.5, 0.6) is 11.5 Å². The Labute approximate surface area is 154 Å². The molecule has 0 unspecified atom stereocenters. The number of rotatable bonds is 5. The Kier molecular flexibility index (Phi) is 5.35. The number of thiazole rings is 1. The Morgan fingerprint density at radius 3 is 2.72 bits per heavy atom. The van der Waals surface area contributed by atoms with Gasteiger partial charge in [-0.25, -0.2) is 4.68 Å². The zero-order chi connectivity index (χ0) is 17.8. The molecule has 0 aliphatic rings. The maximum atomic E-state index is 10.2.